The van der Waals surface area contributed by atoms with Gasteiger partial charge in [-0.3, -0.25) is 4.79 Å². The second-order valence-corrected chi connectivity index (χ2v) is 6.28. The van der Waals surface area contributed by atoms with E-state index in [-0.39, 0.29) is 12.5 Å². The molecule has 4 nitrogen and oxygen atoms in total. The van der Waals surface area contributed by atoms with Crippen LogP contribution in [-0.4, -0.2) is 43.6 Å². The number of benzene rings is 2. The van der Waals surface area contributed by atoms with E-state index in [9.17, 15) is 4.79 Å². The molecular formula is C19H21ClN2O2. The standard InChI is InChI=1S/C19H21ClN2O2/c1-15-6-2-5-9-18(15)24-14-19(23)22-12-10-21(11-13-22)17-8-4-3-7-16(17)20/h2-9H,10-14H2,1H3. The lowest BCUT2D eigenvalue weighted by Gasteiger charge is -2.36. The maximum absolute atomic E-state index is 12.3. The van der Waals surface area contributed by atoms with Gasteiger partial charge in [0.25, 0.3) is 5.91 Å². The van der Waals surface area contributed by atoms with E-state index in [0.717, 1.165) is 35.1 Å². The molecule has 1 saturated heterocycles. The van der Waals surface area contributed by atoms with Crippen molar-refractivity contribution in [2.24, 2.45) is 0 Å². The minimum absolute atomic E-state index is 0.0251. The number of ether oxygens (including phenoxy) is 1. The zero-order chi connectivity index (χ0) is 16.9. The van der Waals surface area contributed by atoms with Gasteiger partial charge in [0.1, 0.15) is 5.75 Å². The molecule has 0 atom stereocenters. The predicted molar refractivity (Wildman–Crippen MR) is 96.9 cm³/mol. The molecule has 0 aliphatic carbocycles. The number of carbonyl (C=O) groups excluding carboxylic acids is 1. The van der Waals surface area contributed by atoms with Crippen molar-refractivity contribution in [1.29, 1.82) is 0 Å². The molecule has 1 aliphatic heterocycles. The van der Waals surface area contributed by atoms with Gasteiger partial charge in [-0.1, -0.05) is 41.9 Å². The van der Waals surface area contributed by atoms with E-state index in [1.165, 1.54) is 0 Å². The van der Waals surface area contributed by atoms with Crippen LogP contribution in [0.4, 0.5) is 5.69 Å². The van der Waals surface area contributed by atoms with Crippen LogP contribution in [0.5, 0.6) is 5.75 Å². The van der Waals surface area contributed by atoms with Crippen LogP contribution in [0.1, 0.15) is 5.56 Å². The van der Waals surface area contributed by atoms with Gasteiger partial charge >= 0.3 is 0 Å². The molecule has 5 heteroatoms. The van der Waals surface area contributed by atoms with Gasteiger partial charge in [0.05, 0.1) is 10.7 Å². The monoisotopic (exact) mass is 344 g/mol. The van der Waals surface area contributed by atoms with Gasteiger partial charge in [-0.25, -0.2) is 0 Å². The summed E-state index contributed by atoms with van der Waals surface area (Å²) in [6.07, 6.45) is 0. The lowest BCUT2D eigenvalue weighted by molar-refractivity contribution is -0.133. The normalized spacial score (nSPS) is 14.6. The number of halogens is 1. The van der Waals surface area contributed by atoms with E-state index >= 15 is 0 Å². The first kappa shape index (κ1) is 16.7. The van der Waals surface area contributed by atoms with E-state index in [2.05, 4.69) is 4.90 Å². The average molecular weight is 345 g/mol. The Labute approximate surface area is 147 Å². The summed E-state index contributed by atoms with van der Waals surface area (Å²) in [5.74, 6) is 0.789. The van der Waals surface area contributed by atoms with E-state index in [1.54, 1.807) is 0 Å². The van der Waals surface area contributed by atoms with Crippen LogP contribution in [0.15, 0.2) is 48.5 Å². The van der Waals surface area contributed by atoms with Crippen molar-refractivity contribution in [2.75, 3.05) is 37.7 Å². The van der Waals surface area contributed by atoms with E-state index in [0.29, 0.717) is 13.1 Å². The molecule has 2 aromatic rings. The summed E-state index contributed by atoms with van der Waals surface area (Å²) in [7, 11) is 0. The minimum Gasteiger partial charge on any atom is -0.484 e. The van der Waals surface area contributed by atoms with Crippen LogP contribution in [0.25, 0.3) is 0 Å². The third-order valence-electron chi connectivity index (χ3n) is 4.27. The SMILES string of the molecule is Cc1ccccc1OCC(=O)N1CCN(c2ccccc2Cl)CC1. The number of hydrogen-bond donors (Lipinski definition) is 0. The number of piperazine rings is 1. The van der Waals surface area contributed by atoms with Crippen LogP contribution in [-0.2, 0) is 4.79 Å². The first-order valence-electron chi connectivity index (χ1n) is 8.11. The maximum Gasteiger partial charge on any atom is 0.260 e. The summed E-state index contributed by atoms with van der Waals surface area (Å²) < 4.78 is 5.66. The van der Waals surface area contributed by atoms with E-state index in [4.69, 9.17) is 16.3 Å². The van der Waals surface area contributed by atoms with Crippen molar-refractivity contribution >= 4 is 23.2 Å². The third-order valence-corrected chi connectivity index (χ3v) is 4.59. The molecule has 0 bridgehead atoms. The van der Waals surface area contributed by atoms with Gasteiger partial charge in [-0.2, -0.15) is 0 Å². The fourth-order valence-electron chi connectivity index (χ4n) is 2.85. The highest BCUT2D eigenvalue weighted by Crippen LogP contribution is 2.26. The Bertz CT molecular complexity index is 712. The van der Waals surface area contributed by atoms with E-state index in [1.807, 2.05) is 60.4 Å². The Morgan fingerprint density at radius 2 is 1.71 bits per heavy atom. The van der Waals surface area contributed by atoms with Crippen molar-refractivity contribution in [3.63, 3.8) is 0 Å². The van der Waals surface area contributed by atoms with Crippen LogP contribution < -0.4 is 9.64 Å². The fraction of sp³-hybridized carbons (Fsp3) is 0.316. The summed E-state index contributed by atoms with van der Waals surface area (Å²) in [5, 5.41) is 0.750. The van der Waals surface area contributed by atoms with Crippen molar-refractivity contribution in [3.05, 3.63) is 59.1 Å². The Balaban J connectivity index is 1.52. The Morgan fingerprint density at radius 3 is 2.42 bits per heavy atom. The molecule has 24 heavy (non-hydrogen) atoms. The summed E-state index contributed by atoms with van der Waals surface area (Å²) in [5.41, 5.74) is 2.07. The summed E-state index contributed by atoms with van der Waals surface area (Å²) in [6.45, 7) is 4.97. The zero-order valence-electron chi connectivity index (χ0n) is 13.7. The molecule has 1 heterocycles. The quantitative estimate of drug-likeness (QED) is 0.852. The summed E-state index contributed by atoms with van der Waals surface area (Å²) in [4.78, 5) is 16.4. The molecule has 0 saturated carbocycles. The fourth-order valence-corrected chi connectivity index (χ4v) is 3.11. The Hall–Kier alpha value is -2.20. The number of anilines is 1. The highest BCUT2D eigenvalue weighted by atomic mass is 35.5. The van der Waals surface area contributed by atoms with Crippen molar-refractivity contribution in [3.8, 4) is 5.75 Å². The van der Waals surface area contributed by atoms with Crippen molar-refractivity contribution < 1.29 is 9.53 Å². The van der Waals surface area contributed by atoms with Gasteiger partial charge in [0.2, 0.25) is 0 Å². The highest BCUT2D eigenvalue weighted by Gasteiger charge is 2.22. The molecule has 0 N–H and O–H groups in total. The molecule has 3 rings (SSSR count). The first-order chi connectivity index (χ1) is 11.6. The summed E-state index contributed by atoms with van der Waals surface area (Å²) in [6, 6.07) is 15.5. The Morgan fingerprint density at radius 1 is 1.04 bits per heavy atom. The Kier molecular flexibility index (Phi) is 5.26. The van der Waals surface area contributed by atoms with Crippen LogP contribution >= 0.6 is 11.6 Å². The largest absolute Gasteiger partial charge is 0.484 e. The molecular weight excluding hydrogens is 324 g/mol. The number of aryl methyl sites for hydroxylation is 1. The van der Waals surface area contributed by atoms with Gasteiger partial charge in [0.15, 0.2) is 6.61 Å². The van der Waals surface area contributed by atoms with Gasteiger partial charge in [-0.05, 0) is 30.7 Å². The average Bonchev–Trinajstić information content (AvgIpc) is 2.61. The molecule has 126 valence electrons. The number of carbonyl (C=O) groups is 1. The molecule has 1 aliphatic rings. The molecule has 0 spiro atoms. The van der Waals surface area contributed by atoms with Gasteiger partial charge in [0, 0.05) is 26.2 Å². The van der Waals surface area contributed by atoms with Gasteiger partial charge < -0.3 is 14.5 Å². The lowest BCUT2D eigenvalue weighted by atomic mass is 10.2. The topological polar surface area (TPSA) is 32.8 Å². The minimum atomic E-state index is 0.0251. The third kappa shape index (κ3) is 3.82. The molecule has 0 aromatic heterocycles. The first-order valence-corrected chi connectivity index (χ1v) is 8.48. The zero-order valence-corrected chi connectivity index (χ0v) is 14.5. The van der Waals surface area contributed by atoms with Crippen LogP contribution in [0, 0.1) is 6.92 Å². The maximum atomic E-state index is 12.3. The number of rotatable bonds is 4. The number of nitrogens with zero attached hydrogens (tertiary/aromatic N) is 2. The molecule has 0 radical (unpaired) electrons. The predicted octanol–water partition coefficient (Wildman–Crippen LogP) is 3.38. The number of amides is 1. The van der Waals surface area contributed by atoms with Gasteiger partial charge in [-0.15, -0.1) is 0 Å². The van der Waals surface area contributed by atoms with Crippen molar-refractivity contribution in [2.45, 2.75) is 6.92 Å². The highest BCUT2D eigenvalue weighted by molar-refractivity contribution is 6.33. The second kappa shape index (κ2) is 7.58. The number of hydrogen-bond acceptors (Lipinski definition) is 3. The van der Waals surface area contributed by atoms with Crippen LogP contribution in [0.3, 0.4) is 0 Å². The lowest BCUT2D eigenvalue weighted by Crippen LogP contribution is -2.50. The molecule has 0 unspecified atom stereocenters. The van der Waals surface area contributed by atoms with Crippen LogP contribution in [0.2, 0.25) is 5.02 Å². The molecule has 2 aromatic carbocycles. The molecule has 1 fully saturated rings. The second-order valence-electron chi connectivity index (χ2n) is 5.87. The van der Waals surface area contributed by atoms with E-state index < -0.39 is 0 Å². The number of para-hydroxylation sites is 2. The van der Waals surface area contributed by atoms with Crippen molar-refractivity contribution in [1.82, 2.24) is 4.90 Å². The smallest absolute Gasteiger partial charge is 0.260 e. The molecule has 1 amide bonds. The summed E-state index contributed by atoms with van der Waals surface area (Å²) >= 11 is 6.25.